The minimum Gasteiger partial charge on any atom is -0.378 e. The predicted octanol–water partition coefficient (Wildman–Crippen LogP) is 6.01. The first-order valence-electron chi connectivity index (χ1n) is 12.4. The number of carbonyl (C=O) groups is 1. The number of hydrogen-bond acceptors (Lipinski definition) is 7. The Balaban J connectivity index is 1.48. The molecule has 4 rings (SSSR count). The summed E-state index contributed by atoms with van der Waals surface area (Å²) in [5.74, 6) is 1.33. The molecule has 194 valence electrons. The largest absolute Gasteiger partial charge is 0.378 e. The van der Waals surface area contributed by atoms with Gasteiger partial charge in [0.25, 0.3) is 0 Å². The van der Waals surface area contributed by atoms with Crippen molar-refractivity contribution >= 4 is 39.7 Å². The third-order valence-electron chi connectivity index (χ3n) is 6.84. The molecule has 3 aromatic rings. The quantitative estimate of drug-likeness (QED) is 0.281. The summed E-state index contributed by atoms with van der Waals surface area (Å²) in [7, 11) is 4.00. The maximum absolute atomic E-state index is 12.9. The Bertz CT molecular complexity index is 1340. The normalized spacial score (nSPS) is 15.1. The smallest absolute Gasteiger partial charge is 0.235 e. The minimum absolute atomic E-state index is 0.156. The fraction of sp³-hybridized carbons (Fsp3) is 0.429. The molecule has 1 amide bonds. The second-order valence-electron chi connectivity index (χ2n) is 10.6. The molecule has 1 aliphatic rings. The Morgan fingerprint density at radius 2 is 2.16 bits per heavy atom. The lowest BCUT2D eigenvalue weighted by Gasteiger charge is -2.33. The molecule has 0 radical (unpaired) electrons. The summed E-state index contributed by atoms with van der Waals surface area (Å²) in [5, 5.41) is 22.9. The summed E-state index contributed by atoms with van der Waals surface area (Å²) < 4.78 is 1.97. The summed E-state index contributed by atoms with van der Waals surface area (Å²) in [4.78, 5) is 16.2. The van der Waals surface area contributed by atoms with Gasteiger partial charge in [0.05, 0.1) is 11.3 Å². The Kier molecular flexibility index (Phi) is 8.10. The van der Waals surface area contributed by atoms with Crippen molar-refractivity contribution in [2.45, 2.75) is 51.7 Å². The monoisotopic (exact) mass is 534 g/mol. The lowest BCUT2D eigenvalue weighted by atomic mass is 9.72. The third-order valence-corrected chi connectivity index (χ3v) is 8.97. The number of benzene rings is 1. The van der Waals surface area contributed by atoms with Gasteiger partial charge >= 0.3 is 0 Å². The number of fused-ring (bicyclic) bond motifs is 1. The van der Waals surface area contributed by atoms with Crippen LogP contribution in [-0.2, 0) is 24.2 Å². The van der Waals surface area contributed by atoms with Crippen molar-refractivity contribution in [1.82, 2.24) is 14.8 Å². The molecule has 2 heterocycles. The number of amides is 1. The molecule has 0 saturated carbocycles. The van der Waals surface area contributed by atoms with Gasteiger partial charge in [0, 0.05) is 36.8 Å². The molecular formula is C28H34N6OS2. The van der Waals surface area contributed by atoms with Crippen molar-refractivity contribution in [3.63, 3.8) is 0 Å². The molecule has 1 aromatic carbocycles. The van der Waals surface area contributed by atoms with Crippen molar-refractivity contribution < 1.29 is 4.79 Å². The molecule has 2 aromatic heterocycles. The van der Waals surface area contributed by atoms with E-state index in [-0.39, 0.29) is 17.1 Å². The highest BCUT2D eigenvalue weighted by Gasteiger charge is 2.32. The Labute approximate surface area is 227 Å². The number of thiophene rings is 1. The van der Waals surface area contributed by atoms with Crippen LogP contribution in [0, 0.1) is 22.7 Å². The Morgan fingerprint density at radius 3 is 2.84 bits per heavy atom. The Hall–Kier alpha value is -3.09. The van der Waals surface area contributed by atoms with E-state index in [1.165, 1.54) is 16.6 Å². The van der Waals surface area contributed by atoms with Crippen LogP contribution < -0.4 is 10.2 Å². The molecule has 1 N–H and O–H groups in total. The first-order valence-corrected chi connectivity index (χ1v) is 14.2. The molecule has 9 heteroatoms. The molecule has 0 bridgehead atoms. The van der Waals surface area contributed by atoms with Gasteiger partial charge in [-0.3, -0.25) is 9.36 Å². The minimum atomic E-state index is -0.156. The number of nitrogens with zero attached hydrogens (tertiary/aromatic N) is 5. The Morgan fingerprint density at radius 1 is 1.38 bits per heavy atom. The molecule has 7 nitrogen and oxygen atoms in total. The second kappa shape index (κ2) is 11.1. The van der Waals surface area contributed by atoms with Crippen LogP contribution in [0.4, 0.5) is 10.7 Å². The lowest BCUT2D eigenvalue weighted by Crippen LogP contribution is -2.26. The average Bonchev–Trinajstić information content (AvgIpc) is 3.42. The van der Waals surface area contributed by atoms with E-state index in [9.17, 15) is 10.1 Å². The summed E-state index contributed by atoms with van der Waals surface area (Å²) in [5.41, 5.74) is 3.99. The van der Waals surface area contributed by atoms with Crippen LogP contribution in [0.3, 0.4) is 0 Å². The second-order valence-corrected chi connectivity index (χ2v) is 12.7. The van der Waals surface area contributed by atoms with Gasteiger partial charge in [0.2, 0.25) is 5.91 Å². The molecule has 0 spiro atoms. The maximum atomic E-state index is 12.9. The van der Waals surface area contributed by atoms with Gasteiger partial charge in [0.15, 0.2) is 11.0 Å². The van der Waals surface area contributed by atoms with E-state index in [4.69, 9.17) is 0 Å². The van der Waals surface area contributed by atoms with E-state index >= 15 is 0 Å². The van der Waals surface area contributed by atoms with E-state index in [1.54, 1.807) is 17.4 Å². The van der Waals surface area contributed by atoms with Crippen molar-refractivity contribution in [2.24, 2.45) is 11.3 Å². The summed E-state index contributed by atoms with van der Waals surface area (Å²) >= 11 is 2.89. The number of thioether (sulfide) groups is 1. The van der Waals surface area contributed by atoms with Crippen LogP contribution >= 0.6 is 23.1 Å². The van der Waals surface area contributed by atoms with Crippen LogP contribution in [0.5, 0.6) is 0 Å². The number of allylic oxidation sites excluding steroid dienone is 1. The molecule has 1 unspecified atom stereocenters. The first kappa shape index (κ1) is 27.0. The third kappa shape index (κ3) is 5.91. The number of nitrogens with one attached hydrogen (secondary N) is 1. The van der Waals surface area contributed by atoms with Crippen LogP contribution in [0.1, 0.15) is 43.2 Å². The molecule has 1 aliphatic carbocycles. The average molecular weight is 535 g/mol. The molecular weight excluding hydrogens is 500 g/mol. The predicted molar refractivity (Wildman–Crippen MR) is 153 cm³/mol. The molecule has 0 aliphatic heterocycles. The van der Waals surface area contributed by atoms with Crippen molar-refractivity contribution in [2.75, 3.05) is 30.1 Å². The van der Waals surface area contributed by atoms with Crippen molar-refractivity contribution in [1.29, 1.82) is 5.26 Å². The zero-order valence-corrected chi connectivity index (χ0v) is 23.8. The first-order chi connectivity index (χ1) is 17.6. The maximum Gasteiger partial charge on any atom is 0.235 e. The summed E-state index contributed by atoms with van der Waals surface area (Å²) in [6.07, 6.45) is 4.73. The van der Waals surface area contributed by atoms with E-state index in [0.29, 0.717) is 28.2 Å². The van der Waals surface area contributed by atoms with Gasteiger partial charge in [0.1, 0.15) is 11.1 Å². The van der Waals surface area contributed by atoms with Gasteiger partial charge < -0.3 is 10.2 Å². The summed E-state index contributed by atoms with van der Waals surface area (Å²) in [6, 6.07) is 10.5. The van der Waals surface area contributed by atoms with Crippen molar-refractivity contribution in [3.05, 3.63) is 52.9 Å². The molecule has 37 heavy (non-hydrogen) atoms. The highest BCUT2D eigenvalue weighted by Crippen LogP contribution is 2.44. The zero-order chi connectivity index (χ0) is 26.7. The van der Waals surface area contributed by atoms with E-state index in [2.05, 4.69) is 55.0 Å². The van der Waals surface area contributed by atoms with Gasteiger partial charge in [-0.25, -0.2) is 0 Å². The van der Waals surface area contributed by atoms with Gasteiger partial charge in [-0.1, -0.05) is 50.7 Å². The van der Waals surface area contributed by atoms with Gasteiger partial charge in [-0.15, -0.1) is 28.1 Å². The van der Waals surface area contributed by atoms with Crippen molar-refractivity contribution in [3.8, 4) is 17.5 Å². The number of rotatable bonds is 8. The standard InChI is InChI=1S/C28H34N6OS2/c1-7-13-34-25(18-9-8-10-20(14-18)33(5)6)31-32-27(34)36-17-24(35)30-26-22(16-29)21-12-11-19(28(2,3)4)15-23(21)37-26/h7-10,14,19H,1,11-13,15,17H2,2-6H3,(H,30,35). The molecule has 1 atom stereocenters. The fourth-order valence-corrected chi connectivity index (χ4v) is 6.69. The fourth-order valence-electron chi connectivity index (χ4n) is 4.65. The number of anilines is 2. The number of carbonyl (C=O) groups excluding carboxylic acids is 1. The topological polar surface area (TPSA) is 86.8 Å². The van der Waals surface area contributed by atoms with Crippen LogP contribution in [0.2, 0.25) is 0 Å². The molecule has 0 fully saturated rings. The van der Waals surface area contributed by atoms with Crippen LogP contribution in [0.15, 0.2) is 42.1 Å². The van der Waals surface area contributed by atoms with Crippen LogP contribution in [0.25, 0.3) is 11.4 Å². The number of hydrogen-bond donors (Lipinski definition) is 1. The van der Waals surface area contributed by atoms with E-state index < -0.39 is 0 Å². The van der Waals surface area contributed by atoms with Gasteiger partial charge in [-0.2, -0.15) is 5.26 Å². The SMILES string of the molecule is C=CCn1c(SCC(=O)Nc2sc3c(c2C#N)CCC(C(C)(C)C)C3)nnc1-c1cccc(N(C)C)c1. The highest BCUT2D eigenvalue weighted by atomic mass is 32.2. The lowest BCUT2D eigenvalue weighted by molar-refractivity contribution is -0.113. The number of aromatic nitrogens is 3. The zero-order valence-electron chi connectivity index (χ0n) is 22.2. The molecule has 0 saturated heterocycles. The highest BCUT2D eigenvalue weighted by molar-refractivity contribution is 7.99. The number of nitriles is 1. The summed E-state index contributed by atoms with van der Waals surface area (Å²) in [6.45, 7) is 11.2. The van der Waals surface area contributed by atoms with E-state index in [1.807, 2.05) is 41.8 Å². The van der Waals surface area contributed by atoms with E-state index in [0.717, 1.165) is 41.9 Å². The van der Waals surface area contributed by atoms with Gasteiger partial charge in [-0.05, 0) is 48.3 Å². The van der Waals surface area contributed by atoms with Crippen LogP contribution in [-0.4, -0.2) is 40.5 Å².